The number of halogens is 1. The third-order valence-electron chi connectivity index (χ3n) is 2.50. The van der Waals surface area contributed by atoms with Crippen molar-refractivity contribution in [2.75, 3.05) is 5.73 Å². The molecule has 2 aromatic rings. The summed E-state index contributed by atoms with van der Waals surface area (Å²) in [5.41, 5.74) is 5.86. The second-order valence-corrected chi connectivity index (χ2v) is 4.75. The number of aromatic nitrogens is 3. The third-order valence-corrected chi connectivity index (χ3v) is 3.59. The van der Waals surface area contributed by atoms with Crippen molar-refractivity contribution in [1.29, 1.82) is 0 Å². The van der Waals surface area contributed by atoms with Gasteiger partial charge in [-0.3, -0.25) is 4.57 Å². The Morgan fingerprint density at radius 2 is 2.26 bits per heavy atom. The third kappa shape index (κ3) is 2.84. The SMILES string of the molecule is Cn1c(N)nnc1SCc1ccc(C(=O)O)c(F)c1. The van der Waals surface area contributed by atoms with Crippen LogP contribution in [0.25, 0.3) is 0 Å². The second kappa shape index (κ2) is 5.27. The van der Waals surface area contributed by atoms with E-state index in [-0.39, 0.29) is 5.56 Å². The van der Waals surface area contributed by atoms with Crippen LogP contribution in [0.4, 0.5) is 10.3 Å². The number of thioether (sulfide) groups is 1. The Hall–Kier alpha value is -2.09. The molecule has 0 aliphatic rings. The number of carbonyl (C=O) groups is 1. The lowest BCUT2D eigenvalue weighted by Crippen LogP contribution is -2.01. The zero-order valence-corrected chi connectivity index (χ0v) is 10.8. The van der Waals surface area contributed by atoms with Crippen LogP contribution in [0.2, 0.25) is 0 Å². The number of rotatable bonds is 4. The number of nitrogens with two attached hydrogens (primary N) is 1. The highest BCUT2D eigenvalue weighted by atomic mass is 32.2. The second-order valence-electron chi connectivity index (χ2n) is 3.81. The van der Waals surface area contributed by atoms with Crippen LogP contribution in [0.3, 0.4) is 0 Å². The minimum Gasteiger partial charge on any atom is -0.478 e. The topological polar surface area (TPSA) is 94.0 Å². The summed E-state index contributed by atoms with van der Waals surface area (Å²) in [7, 11) is 1.73. The quantitative estimate of drug-likeness (QED) is 0.826. The van der Waals surface area contributed by atoms with E-state index in [9.17, 15) is 9.18 Å². The van der Waals surface area contributed by atoms with Crippen molar-refractivity contribution in [1.82, 2.24) is 14.8 Å². The van der Waals surface area contributed by atoms with Gasteiger partial charge >= 0.3 is 5.97 Å². The fraction of sp³-hybridized carbons (Fsp3) is 0.182. The van der Waals surface area contributed by atoms with Crippen molar-refractivity contribution < 1.29 is 14.3 Å². The molecule has 0 radical (unpaired) electrons. The van der Waals surface area contributed by atoms with Crippen LogP contribution in [0.5, 0.6) is 0 Å². The van der Waals surface area contributed by atoms with Crippen molar-refractivity contribution in [2.45, 2.75) is 10.9 Å². The molecule has 0 fully saturated rings. The number of carboxylic acids is 1. The lowest BCUT2D eigenvalue weighted by atomic mass is 10.1. The van der Waals surface area contributed by atoms with Gasteiger partial charge < -0.3 is 10.8 Å². The summed E-state index contributed by atoms with van der Waals surface area (Å²) in [6.45, 7) is 0. The Morgan fingerprint density at radius 1 is 1.53 bits per heavy atom. The average Bonchev–Trinajstić information content (AvgIpc) is 2.67. The fourth-order valence-electron chi connectivity index (χ4n) is 1.42. The molecule has 0 aliphatic carbocycles. The Morgan fingerprint density at radius 3 is 2.79 bits per heavy atom. The number of hydrogen-bond donors (Lipinski definition) is 2. The van der Waals surface area contributed by atoms with Gasteiger partial charge in [-0.15, -0.1) is 10.2 Å². The van der Waals surface area contributed by atoms with Crippen LogP contribution >= 0.6 is 11.8 Å². The van der Waals surface area contributed by atoms with Crippen molar-refractivity contribution in [3.05, 3.63) is 35.1 Å². The molecule has 0 unspecified atom stereocenters. The van der Waals surface area contributed by atoms with Gasteiger partial charge in [0.1, 0.15) is 5.82 Å². The summed E-state index contributed by atoms with van der Waals surface area (Å²) in [4.78, 5) is 10.7. The molecule has 0 saturated heterocycles. The molecule has 6 nitrogen and oxygen atoms in total. The van der Waals surface area contributed by atoms with E-state index in [2.05, 4.69) is 10.2 Å². The van der Waals surface area contributed by atoms with Crippen LogP contribution in [-0.4, -0.2) is 25.8 Å². The largest absolute Gasteiger partial charge is 0.478 e. The van der Waals surface area contributed by atoms with Crippen LogP contribution < -0.4 is 5.73 Å². The Balaban J connectivity index is 2.10. The van der Waals surface area contributed by atoms with Gasteiger partial charge in [-0.1, -0.05) is 17.8 Å². The molecule has 2 rings (SSSR count). The molecule has 0 spiro atoms. The van der Waals surface area contributed by atoms with Crippen LogP contribution in [0, 0.1) is 5.82 Å². The molecule has 0 aliphatic heterocycles. The average molecular weight is 282 g/mol. The maximum absolute atomic E-state index is 13.5. The molecule has 3 N–H and O–H groups in total. The normalized spacial score (nSPS) is 10.6. The number of hydrogen-bond acceptors (Lipinski definition) is 5. The summed E-state index contributed by atoms with van der Waals surface area (Å²) in [5.74, 6) is -1.28. The number of benzene rings is 1. The highest BCUT2D eigenvalue weighted by molar-refractivity contribution is 7.98. The van der Waals surface area contributed by atoms with Crippen molar-refractivity contribution >= 4 is 23.7 Å². The molecule has 19 heavy (non-hydrogen) atoms. The van der Waals surface area contributed by atoms with Crippen LogP contribution in [-0.2, 0) is 12.8 Å². The van der Waals surface area contributed by atoms with Crippen molar-refractivity contribution in [3.8, 4) is 0 Å². The van der Waals surface area contributed by atoms with Gasteiger partial charge in [0.05, 0.1) is 5.56 Å². The Labute approximate surface area is 112 Å². The van der Waals surface area contributed by atoms with Gasteiger partial charge in [0.2, 0.25) is 5.95 Å². The standard InChI is InChI=1S/C11H11FN4O2S/c1-16-10(13)14-15-11(16)19-5-6-2-3-7(9(17)18)8(12)4-6/h2-4H,5H2,1H3,(H2,13,14)(H,17,18). The monoisotopic (exact) mass is 282 g/mol. The summed E-state index contributed by atoms with van der Waals surface area (Å²) in [6, 6.07) is 4.02. The molecular formula is C11H11FN4O2S. The molecule has 100 valence electrons. The van der Waals surface area contributed by atoms with Gasteiger partial charge in [0.15, 0.2) is 5.16 Å². The van der Waals surface area contributed by atoms with E-state index in [1.54, 1.807) is 17.7 Å². The van der Waals surface area contributed by atoms with Gasteiger partial charge in [-0.25, -0.2) is 9.18 Å². The molecule has 1 aromatic carbocycles. The first-order chi connectivity index (χ1) is 8.99. The first kappa shape index (κ1) is 13.3. The number of carboxylic acid groups (broad SMARTS) is 1. The van der Waals surface area contributed by atoms with Crippen LogP contribution in [0.1, 0.15) is 15.9 Å². The zero-order valence-electron chi connectivity index (χ0n) is 10.00. The predicted octanol–water partition coefficient (Wildman–Crippen LogP) is 1.53. The van der Waals surface area contributed by atoms with Gasteiger partial charge in [-0.05, 0) is 17.7 Å². The van der Waals surface area contributed by atoms with E-state index >= 15 is 0 Å². The highest BCUT2D eigenvalue weighted by Gasteiger charge is 2.11. The molecule has 8 heteroatoms. The predicted molar refractivity (Wildman–Crippen MR) is 68.3 cm³/mol. The Kier molecular flexibility index (Phi) is 3.70. The van der Waals surface area contributed by atoms with E-state index in [1.165, 1.54) is 23.9 Å². The lowest BCUT2D eigenvalue weighted by molar-refractivity contribution is 0.0692. The maximum Gasteiger partial charge on any atom is 0.338 e. The number of anilines is 1. The number of aromatic carboxylic acids is 1. The first-order valence-electron chi connectivity index (χ1n) is 5.28. The zero-order chi connectivity index (χ0) is 14.0. The van der Waals surface area contributed by atoms with E-state index in [4.69, 9.17) is 10.8 Å². The minimum absolute atomic E-state index is 0.301. The molecule has 1 aromatic heterocycles. The van der Waals surface area contributed by atoms with Gasteiger partial charge in [0.25, 0.3) is 0 Å². The summed E-state index contributed by atoms with van der Waals surface area (Å²) >= 11 is 1.34. The molecule has 0 bridgehead atoms. The highest BCUT2D eigenvalue weighted by Crippen LogP contribution is 2.22. The number of nitrogen functional groups attached to an aromatic ring is 1. The first-order valence-corrected chi connectivity index (χ1v) is 6.27. The van der Waals surface area contributed by atoms with Crippen molar-refractivity contribution in [3.63, 3.8) is 0 Å². The van der Waals surface area contributed by atoms with Gasteiger partial charge in [-0.2, -0.15) is 0 Å². The molecular weight excluding hydrogens is 271 g/mol. The van der Waals surface area contributed by atoms with E-state index in [0.717, 1.165) is 0 Å². The van der Waals surface area contributed by atoms with Crippen LogP contribution in [0.15, 0.2) is 23.4 Å². The van der Waals surface area contributed by atoms with E-state index < -0.39 is 11.8 Å². The minimum atomic E-state index is -1.28. The maximum atomic E-state index is 13.5. The smallest absolute Gasteiger partial charge is 0.338 e. The van der Waals surface area contributed by atoms with E-state index in [1.807, 2.05) is 0 Å². The summed E-state index contributed by atoms with van der Waals surface area (Å²) < 4.78 is 15.1. The lowest BCUT2D eigenvalue weighted by Gasteiger charge is -2.03. The molecule has 0 amide bonds. The summed E-state index contributed by atoms with van der Waals surface area (Å²) in [6.07, 6.45) is 0. The Bertz CT molecular complexity index is 629. The molecule has 0 saturated carbocycles. The number of nitrogens with zero attached hydrogens (tertiary/aromatic N) is 3. The fourth-order valence-corrected chi connectivity index (χ4v) is 2.28. The summed E-state index contributed by atoms with van der Waals surface area (Å²) in [5, 5.41) is 16.9. The van der Waals surface area contributed by atoms with Gasteiger partial charge in [0, 0.05) is 12.8 Å². The van der Waals surface area contributed by atoms with Crippen molar-refractivity contribution in [2.24, 2.45) is 7.05 Å². The molecule has 1 heterocycles. The van der Waals surface area contributed by atoms with E-state index in [0.29, 0.717) is 22.4 Å². The molecule has 0 atom stereocenters.